The molecule has 0 amide bonds. The van der Waals surface area contributed by atoms with Gasteiger partial charge >= 0.3 is 5.97 Å². The maximum Gasteiger partial charge on any atom is 0.340 e. The Morgan fingerprint density at radius 1 is 1.30 bits per heavy atom. The van der Waals surface area contributed by atoms with Gasteiger partial charge in [-0.2, -0.15) is 0 Å². The highest BCUT2D eigenvalue weighted by Gasteiger charge is 2.43. The number of fused-ring (bicyclic) bond motifs is 1. The van der Waals surface area contributed by atoms with E-state index in [-0.39, 0.29) is 5.16 Å². The largest absolute Gasteiger partial charge is 0.479 e. The lowest BCUT2D eigenvalue weighted by molar-refractivity contribution is -0.141. The van der Waals surface area contributed by atoms with Gasteiger partial charge in [0, 0.05) is 17.3 Å². The highest BCUT2D eigenvalue weighted by Crippen LogP contribution is 2.36. The number of amidine groups is 1. The summed E-state index contributed by atoms with van der Waals surface area (Å²) in [4.78, 5) is 16.1. The minimum absolute atomic E-state index is 0.248. The third-order valence-electron chi connectivity index (χ3n) is 3.11. The Hall–Kier alpha value is -1.98. The van der Waals surface area contributed by atoms with Gasteiger partial charge in [-0.1, -0.05) is 35.3 Å². The first-order valence-electron chi connectivity index (χ1n) is 5.73. The topological polar surface area (TPSA) is 64.9 Å². The number of benzene rings is 1. The van der Waals surface area contributed by atoms with Crippen molar-refractivity contribution in [1.82, 2.24) is 10.4 Å². The minimum Gasteiger partial charge on any atom is -0.479 e. The lowest BCUT2D eigenvalue weighted by Crippen LogP contribution is -2.42. The van der Waals surface area contributed by atoms with Gasteiger partial charge in [-0.3, -0.25) is 5.43 Å². The van der Waals surface area contributed by atoms with E-state index in [1.807, 2.05) is 0 Å². The van der Waals surface area contributed by atoms with Crippen molar-refractivity contribution in [2.45, 2.75) is 5.54 Å². The predicted octanol–water partition coefficient (Wildman–Crippen LogP) is 2.45. The van der Waals surface area contributed by atoms with Crippen molar-refractivity contribution in [2.75, 3.05) is 0 Å². The number of nitrogens with one attached hydrogen (secondary N) is 1. The van der Waals surface area contributed by atoms with E-state index in [1.54, 1.807) is 36.5 Å². The van der Waals surface area contributed by atoms with Crippen molar-refractivity contribution < 1.29 is 9.90 Å². The van der Waals surface area contributed by atoms with Crippen LogP contribution in [0.15, 0.2) is 52.8 Å². The molecule has 1 atom stereocenters. The summed E-state index contributed by atoms with van der Waals surface area (Å²) in [7, 11) is 0. The fraction of sp³-hybridized carbons (Fsp3) is 0.0769. The molecular formula is C13H9Cl2N3O2. The molecule has 0 aromatic heterocycles. The van der Waals surface area contributed by atoms with Crippen molar-refractivity contribution in [3.63, 3.8) is 0 Å². The number of aliphatic imine (C=N–C) groups is 1. The van der Waals surface area contributed by atoms with E-state index in [2.05, 4.69) is 10.4 Å². The zero-order valence-electron chi connectivity index (χ0n) is 10.0. The first kappa shape index (κ1) is 13.0. The Morgan fingerprint density at radius 3 is 2.65 bits per heavy atom. The summed E-state index contributed by atoms with van der Waals surface area (Å²) in [5.74, 6) is -0.666. The molecule has 2 aliphatic rings. The number of hydrazine groups is 1. The van der Waals surface area contributed by atoms with Gasteiger partial charge in [-0.15, -0.1) is 0 Å². The van der Waals surface area contributed by atoms with Crippen molar-refractivity contribution in [3.8, 4) is 0 Å². The van der Waals surface area contributed by atoms with Gasteiger partial charge in [0.05, 0.1) is 0 Å². The summed E-state index contributed by atoms with van der Waals surface area (Å²) >= 11 is 12.0. The number of carboxylic acid groups (broad SMARTS) is 1. The van der Waals surface area contributed by atoms with Gasteiger partial charge in [-0.05, 0) is 23.8 Å². The Labute approximate surface area is 124 Å². The number of hydrogen-bond acceptors (Lipinski definition) is 4. The molecule has 0 spiro atoms. The van der Waals surface area contributed by atoms with Crippen molar-refractivity contribution in [1.29, 1.82) is 0 Å². The summed E-state index contributed by atoms with van der Waals surface area (Å²) in [6, 6.07) is 6.50. The van der Waals surface area contributed by atoms with Crippen molar-refractivity contribution >= 4 is 35.0 Å². The second-order valence-corrected chi connectivity index (χ2v) is 5.14. The van der Waals surface area contributed by atoms with Crippen LogP contribution in [-0.2, 0) is 10.3 Å². The highest BCUT2D eigenvalue weighted by molar-refractivity contribution is 6.31. The van der Waals surface area contributed by atoms with Crippen molar-refractivity contribution in [3.05, 3.63) is 58.4 Å². The van der Waals surface area contributed by atoms with Crippen LogP contribution in [0, 0.1) is 0 Å². The number of rotatable bonds is 2. The maximum absolute atomic E-state index is 11.8. The lowest BCUT2D eigenvalue weighted by atomic mass is 9.89. The Kier molecular flexibility index (Phi) is 2.96. The normalized spacial score (nSPS) is 23.8. The molecule has 5 nitrogen and oxygen atoms in total. The average molecular weight is 310 g/mol. The number of aliphatic carboxylic acids is 1. The molecule has 1 aromatic rings. The number of carboxylic acids is 1. The van der Waals surface area contributed by atoms with Crippen LogP contribution in [0.5, 0.6) is 0 Å². The van der Waals surface area contributed by atoms with Gasteiger partial charge in [0.15, 0.2) is 5.84 Å². The third kappa shape index (κ3) is 1.87. The Morgan fingerprint density at radius 2 is 2.00 bits per heavy atom. The van der Waals surface area contributed by atoms with E-state index < -0.39 is 11.5 Å². The predicted molar refractivity (Wildman–Crippen MR) is 76.3 cm³/mol. The van der Waals surface area contributed by atoms with Gasteiger partial charge < -0.3 is 5.11 Å². The van der Waals surface area contributed by atoms with Crippen LogP contribution < -0.4 is 5.43 Å². The average Bonchev–Trinajstić information content (AvgIpc) is 2.87. The third-order valence-corrected chi connectivity index (χ3v) is 3.64. The zero-order valence-corrected chi connectivity index (χ0v) is 11.6. The maximum atomic E-state index is 11.8. The standard InChI is InChI=1S/C13H9Cl2N3O2/c14-9-3-1-8(2-4-9)13(12(19)20)7-10(15)18-11(17-13)5-6-16-18/h1-7,16H,(H,19,20). The molecule has 102 valence electrons. The molecular weight excluding hydrogens is 301 g/mol. The molecule has 2 heterocycles. The number of carbonyl (C=O) groups is 1. The summed E-state index contributed by atoms with van der Waals surface area (Å²) in [6.07, 6.45) is 4.68. The molecule has 3 rings (SSSR count). The fourth-order valence-corrected chi connectivity index (χ4v) is 2.54. The summed E-state index contributed by atoms with van der Waals surface area (Å²) in [6.45, 7) is 0. The SMILES string of the molecule is O=C(O)C1(c2ccc(Cl)cc2)C=C(Cl)N2NC=CC2=N1. The van der Waals surface area contributed by atoms with E-state index in [9.17, 15) is 9.90 Å². The monoisotopic (exact) mass is 309 g/mol. The molecule has 1 unspecified atom stereocenters. The summed E-state index contributed by atoms with van der Waals surface area (Å²) < 4.78 is 0. The minimum atomic E-state index is -1.55. The molecule has 0 aliphatic carbocycles. The Balaban J connectivity index is 2.18. The van der Waals surface area contributed by atoms with E-state index in [0.717, 1.165) is 0 Å². The van der Waals surface area contributed by atoms with E-state index in [4.69, 9.17) is 23.2 Å². The van der Waals surface area contributed by atoms with Crippen LogP contribution in [-0.4, -0.2) is 21.9 Å². The van der Waals surface area contributed by atoms with Crippen LogP contribution in [0.3, 0.4) is 0 Å². The van der Waals surface area contributed by atoms with Gasteiger partial charge in [0.1, 0.15) is 5.16 Å². The van der Waals surface area contributed by atoms with E-state index >= 15 is 0 Å². The van der Waals surface area contributed by atoms with Gasteiger partial charge in [0.25, 0.3) is 0 Å². The quantitative estimate of drug-likeness (QED) is 0.824. The molecule has 7 heteroatoms. The van der Waals surface area contributed by atoms with Crippen LogP contribution in [0.25, 0.3) is 0 Å². The lowest BCUT2D eigenvalue weighted by Gasteiger charge is -2.31. The first-order chi connectivity index (χ1) is 9.53. The number of hydrogen-bond donors (Lipinski definition) is 2. The smallest absolute Gasteiger partial charge is 0.340 e. The first-order valence-corrected chi connectivity index (χ1v) is 6.49. The fourth-order valence-electron chi connectivity index (χ4n) is 2.12. The second-order valence-electron chi connectivity index (χ2n) is 4.31. The number of halogens is 2. The number of nitrogens with zero attached hydrogens (tertiary/aromatic N) is 2. The molecule has 0 saturated heterocycles. The molecule has 20 heavy (non-hydrogen) atoms. The molecule has 0 radical (unpaired) electrons. The zero-order chi connectivity index (χ0) is 14.3. The van der Waals surface area contributed by atoms with E-state index in [1.165, 1.54) is 11.1 Å². The molecule has 0 fully saturated rings. The Bertz CT molecular complexity index is 667. The molecule has 0 saturated carbocycles. The van der Waals surface area contributed by atoms with Gasteiger partial charge in [-0.25, -0.2) is 14.8 Å². The summed E-state index contributed by atoms with van der Waals surface area (Å²) in [5, 5.41) is 11.9. The molecule has 1 aromatic carbocycles. The van der Waals surface area contributed by atoms with Crippen LogP contribution in [0.2, 0.25) is 5.02 Å². The van der Waals surface area contributed by atoms with Gasteiger partial charge in [0.2, 0.25) is 5.54 Å². The van der Waals surface area contributed by atoms with Crippen molar-refractivity contribution in [2.24, 2.45) is 4.99 Å². The highest BCUT2D eigenvalue weighted by atomic mass is 35.5. The van der Waals surface area contributed by atoms with E-state index in [0.29, 0.717) is 16.4 Å². The molecule has 2 N–H and O–H groups in total. The van der Waals surface area contributed by atoms with Crippen LogP contribution in [0.4, 0.5) is 0 Å². The molecule has 2 aliphatic heterocycles. The van der Waals surface area contributed by atoms with Crippen LogP contribution in [0.1, 0.15) is 5.56 Å². The molecule has 0 bridgehead atoms. The van der Waals surface area contributed by atoms with Crippen LogP contribution >= 0.6 is 23.2 Å². The second kappa shape index (κ2) is 4.54. The summed E-state index contributed by atoms with van der Waals surface area (Å²) in [5.41, 5.74) is 1.79.